The van der Waals surface area contributed by atoms with Gasteiger partial charge in [0.25, 0.3) is 11.8 Å². The summed E-state index contributed by atoms with van der Waals surface area (Å²) in [5.41, 5.74) is 7.39. The quantitative estimate of drug-likeness (QED) is 0.521. The van der Waals surface area contributed by atoms with Gasteiger partial charge in [0.2, 0.25) is 0 Å². The van der Waals surface area contributed by atoms with E-state index in [9.17, 15) is 14.4 Å². The average Bonchev–Trinajstić information content (AvgIpc) is 2.95. The summed E-state index contributed by atoms with van der Waals surface area (Å²) < 4.78 is 4.61. The van der Waals surface area contributed by atoms with Crippen LogP contribution < -0.4 is 16.4 Å². The second-order valence-corrected chi connectivity index (χ2v) is 7.17. The minimum absolute atomic E-state index is 0.0449. The van der Waals surface area contributed by atoms with E-state index < -0.39 is 17.8 Å². The number of thiocarbonyl (C=S) groups is 1. The molecule has 1 aromatic heterocycles. The Labute approximate surface area is 165 Å². The first-order chi connectivity index (χ1) is 12.8. The second-order valence-electron chi connectivity index (χ2n) is 5.54. The van der Waals surface area contributed by atoms with Crippen LogP contribution in [0.1, 0.15) is 48.4 Å². The van der Waals surface area contributed by atoms with E-state index in [1.165, 1.54) is 42.7 Å². The zero-order valence-electron chi connectivity index (χ0n) is 15.0. The predicted molar refractivity (Wildman–Crippen MR) is 108 cm³/mol. The molecule has 0 aliphatic rings. The molecule has 0 bridgehead atoms. The van der Waals surface area contributed by atoms with Gasteiger partial charge in [0.15, 0.2) is 5.11 Å². The lowest BCUT2D eigenvalue weighted by molar-refractivity contribution is 0.0600. The van der Waals surface area contributed by atoms with Gasteiger partial charge in [-0.05, 0) is 55.4 Å². The van der Waals surface area contributed by atoms with E-state index in [1.54, 1.807) is 0 Å². The maximum absolute atomic E-state index is 12.3. The molecule has 0 aliphatic carbocycles. The molecule has 0 radical (unpaired) electrons. The van der Waals surface area contributed by atoms with Gasteiger partial charge in [0.05, 0.1) is 18.2 Å². The molecule has 0 saturated heterocycles. The Hall–Kier alpha value is -2.78. The SMILES string of the molecule is CCc1c(C)sc(NC(=S)NC(=O)c2ccc(C(=O)OC)cc2)c1C(N)=O. The molecule has 0 saturated carbocycles. The van der Waals surface area contributed by atoms with Crippen LogP contribution in [0.3, 0.4) is 0 Å². The number of aryl methyl sites for hydroxylation is 1. The molecule has 2 aromatic rings. The van der Waals surface area contributed by atoms with E-state index in [2.05, 4.69) is 15.4 Å². The summed E-state index contributed by atoms with van der Waals surface area (Å²) in [6, 6.07) is 5.95. The van der Waals surface area contributed by atoms with Gasteiger partial charge in [0, 0.05) is 10.4 Å². The summed E-state index contributed by atoms with van der Waals surface area (Å²) >= 11 is 6.52. The lowest BCUT2D eigenvalue weighted by atomic mass is 10.1. The summed E-state index contributed by atoms with van der Waals surface area (Å²) in [5.74, 6) is -1.49. The molecule has 9 heteroatoms. The van der Waals surface area contributed by atoms with Gasteiger partial charge in [-0.25, -0.2) is 4.79 Å². The third kappa shape index (κ3) is 4.69. The van der Waals surface area contributed by atoms with Gasteiger partial charge in [-0.3, -0.25) is 14.9 Å². The number of thiophene rings is 1. The molecule has 0 spiro atoms. The van der Waals surface area contributed by atoms with Gasteiger partial charge in [-0.2, -0.15) is 0 Å². The molecule has 0 atom stereocenters. The molecule has 2 rings (SSSR count). The molecule has 142 valence electrons. The minimum atomic E-state index is -0.550. The van der Waals surface area contributed by atoms with Gasteiger partial charge >= 0.3 is 5.97 Å². The fourth-order valence-electron chi connectivity index (χ4n) is 2.54. The van der Waals surface area contributed by atoms with Crippen LogP contribution in [0.2, 0.25) is 0 Å². The molecule has 0 aliphatic heterocycles. The maximum Gasteiger partial charge on any atom is 0.337 e. The van der Waals surface area contributed by atoms with Crippen LogP contribution in [-0.2, 0) is 11.2 Å². The predicted octanol–water partition coefficient (Wildman–Crippen LogP) is 2.63. The fraction of sp³-hybridized carbons (Fsp3) is 0.222. The van der Waals surface area contributed by atoms with Gasteiger partial charge in [-0.1, -0.05) is 6.92 Å². The highest BCUT2D eigenvalue weighted by Gasteiger charge is 2.20. The number of hydrogen-bond donors (Lipinski definition) is 3. The topological polar surface area (TPSA) is 111 Å². The molecule has 0 unspecified atom stereocenters. The highest BCUT2D eigenvalue weighted by Crippen LogP contribution is 2.33. The van der Waals surface area contributed by atoms with E-state index in [4.69, 9.17) is 18.0 Å². The molecular formula is C18H19N3O4S2. The van der Waals surface area contributed by atoms with Crippen molar-refractivity contribution in [1.82, 2.24) is 5.32 Å². The highest BCUT2D eigenvalue weighted by atomic mass is 32.1. The van der Waals surface area contributed by atoms with Crippen molar-refractivity contribution in [3.8, 4) is 0 Å². The number of methoxy groups -OCH3 is 1. The Kier molecular flexibility index (Phi) is 6.65. The molecule has 7 nitrogen and oxygen atoms in total. The monoisotopic (exact) mass is 405 g/mol. The molecular weight excluding hydrogens is 386 g/mol. The molecule has 4 N–H and O–H groups in total. The Morgan fingerprint density at radius 3 is 2.30 bits per heavy atom. The van der Waals surface area contributed by atoms with Crippen molar-refractivity contribution in [2.45, 2.75) is 20.3 Å². The number of benzene rings is 1. The summed E-state index contributed by atoms with van der Waals surface area (Å²) in [7, 11) is 1.28. The fourth-order valence-corrected chi connectivity index (χ4v) is 3.95. The zero-order chi connectivity index (χ0) is 20.1. The maximum atomic E-state index is 12.3. The minimum Gasteiger partial charge on any atom is -0.465 e. The third-order valence-corrected chi connectivity index (χ3v) is 5.10. The van der Waals surface area contributed by atoms with Crippen LogP contribution in [0.15, 0.2) is 24.3 Å². The summed E-state index contributed by atoms with van der Waals surface area (Å²) in [6.45, 7) is 3.83. The van der Waals surface area contributed by atoms with Crippen molar-refractivity contribution in [2.75, 3.05) is 12.4 Å². The number of carbonyl (C=O) groups excluding carboxylic acids is 3. The first-order valence-corrected chi connectivity index (χ1v) is 9.23. The van der Waals surface area contributed by atoms with E-state index >= 15 is 0 Å². The number of primary amides is 1. The smallest absolute Gasteiger partial charge is 0.337 e. The molecule has 1 heterocycles. The Morgan fingerprint density at radius 2 is 1.78 bits per heavy atom. The summed E-state index contributed by atoms with van der Waals surface area (Å²) in [4.78, 5) is 36.5. The van der Waals surface area contributed by atoms with Crippen LogP contribution in [0.25, 0.3) is 0 Å². The van der Waals surface area contributed by atoms with E-state index in [1.807, 2.05) is 13.8 Å². The summed E-state index contributed by atoms with van der Waals surface area (Å²) in [6.07, 6.45) is 0.661. The lowest BCUT2D eigenvalue weighted by Crippen LogP contribution is -2.34. The number of nitrogens with one attached hydrogen (secondary N) is 2. The normalized spacial score (nSPS) is 10.2. The molecule has 1 aromatic carbocycles. The largest absolute Gasteiger partial charge is 0.465 e. The van der Waals surface area contributed by atoms with Crippen molar-refractivity contribution in [3.05, 3.63) is 51.4 Å². The van der Waals surface area contributed by atoms with E-state index in [-0.39, 0.29) is 5.11 Å². The number of hydrogen-bond acceptors (Lipinski definition) is 6. The number of esters is 1. The van der Waals surface area contributed by atoms with E-state index in [0.717, 1.165) is 10.4 Å². The lowest BCUT2D eigenvalue weighted by Gasteiger charge is -2.10. The van der Waals surface area contributed by atoms with Crippen molar-refractivity contribution >= 4 is 51.5 Å². The van der Waals surface area contributed by atoms with Crippen LogP contribution in [0.4, 0.5) is 5.00 Å². The standard InChI is InChI=1S/C18H19N3O4S2/c1-4-12-9(2)27-16(13(12)14(19)22)21-18(26)20-15(23)10-5-7-11(8-6-10)17(24)25-3/h5-8H,4H2,1-3H3,(H2,19,22)(H2,20,21,23,26). The zero-order valence-corrected chi connectivity index (χ0v) is 16.7. The number of amides is 2. The van der Waals surface area contributed by atoms with Crippen molar-refractivity contribution in [1.29, 1.82) is 0 Å². The van der Waals surface area contributed by atoms with Crippen molar-refractivity contribution < 1.29 is 19.1 Å². The van der Waals surface area contributed by atoms with Crippen LogP contribution >= 0.6 is 23.6 Å². The van der Waals surface area contributed by atoms with E-state index in [0.29, 0.717) is 28.1 Å². The van der Waals surface area contributed by atoms with Crippen LogP contribution in [0.5, 0.6) is 0 Å². The van der Waals surface area contributed by atoms with Crippen LogP contribution in [0, 0.1) is 6.92 Å². The average molecular weight is 406 g/mol. The number of carbonyl (C=O) groups is 3. The number of rotatable bonds is 5. The molecule has 2 amide bonds. The Balaban J connectivity index is 2.11. The molecule has 27 heavy (non-hydrogen) atoms. The number of nitrogens with two attached hydrogens (primary N) is 1. The van der Waals surface area contributed by atoms with Gasteiger partial charge in [0.1, 0.15) is 5.00 Å². The van der Waals surface area contributed by atoms with Gasteiger partial charge in [-0.15, -0.1) is 11.3 Å². The second kappa shape index (κ2) is 8.74. The van der Waals surface area contributed by atoms with Crippen molar-refractivity contribution in [3.63, 3.8) is 0 Å². The first-order valence-electron chi connectivity index (χ1n) is 8.01. The van der Waals surface area contributed by atoms with Crippen molar-refractivity contribution in [2.24, 2.45) is 5.73 Å². The Bertz CT molecular complexity index is 904. The third-order valence-electron chi connectivity index (χ3n) is 3.83. The van der Waals surface area contributed by atoms with Gasteiger partial charge < -0.3 is 15.8 Å². The molecule has 0 fully saturated rings. The first kappa shape index (κ1) is 20.5. The highest BCUT2D eigenvalue weighted by molar-refractivity contribution is 7.80. The van der Waals surface area contributed by atoms with Crippen LogP contribution in [-0.4, -0.2) is 30.0 Å². The summed E-state index contributed by atoms with van der Waals surface area (Å²) in [5, 5.41) is 5.96. The Morgan fingerprint density at radius 1 is 1.19 bits per heavy atom. The number of ether oxygens (including phenoxy) is 1. The number of anilines is 1.